The Hall–Kier alpha value is -3.18. The van der Waals surface area contributed by atoms with Crippen molar-refractivity contribution in [2.24, 2.45) is 0 Å². The molecule has 0 radical (unpaired) electrons. The Bertz CT molecular complexity index is 1480. The van der Waals surface area contributed by atoms with Gasteiger partial charge in [-0.3, -0.25) is 19.7 Å². The first-order valence-electron chi connectivity index (χ1n) is 10.5. The molecule has 1 fully saturated rings. The van der Waals surface area contributed by atoms with Crippen molar-refractivity contribution in [3.63, 3.8) is 0 Å². The van der Waals surface area contributed by atoms with Crippen LogP contribution in [-0.4, -0.2) is 30.4 Å². The van der Waals surface area contributed by atoms with Gasteiger partial charge in [0.15, 0.2) is 6.61 Å². The van der Waals surface area contributed by atoms with E-state index in [9.17, 15) is 19.2 Å². The van der Waals surface area contributed by atoms with Gasteiger partial charge < -0.3 is 10.1 Å². The van der Waals surface area contributed by atoms with E-state index in [1.807, 2.05) is 0 Å². The van der Waals surface area contributed by atoms with E-state index in [1.54, 1.807) is 48.5 Å². The fourth-order valence-electron chi connectivity index (χ4n) is 3.39. The predicted octanol–water partition coefficient (Wildman–Crippen LogP) is 6.20. The normalized spacial score (nSPS) is 14.5. The Balaban J connectivity index is 1.63. The van der Waals surface area contributed by atoms with Gasteiger partial charge in [-0.05, 0) is 64.5 Å². The highest BCUT2D eigenvalue weighted by molar-refractivity contribution is 9.11. The Morgan fingerprint density at radius 2 is 1.78 bits per heavy atom. The lowest BCUT2D eigenvalue weighted by Gasteiger charge is -2.26. The van der Waals surface area contributed by atoms with Crippen LogP contribution < -0.4 is 20.3 Å². The predicted molar refractivity (Wildman–Crippen MR) is 148 cm³/mol. The van der Waals surface area contributed by atoms with Gasteiger partial charge >= 0.3 is 6.03 Å². The fraction of sp³-hybridized carbons (Fsp3) is 0.0400. The standard InChI is InChI=1S/C25H15Br2Cl2N3O5/c26-14-8-13(22(18(27)10-14)37-12-21(33)30-20-7-2-1-6-19(20)29)9-17-23(34)31-25(36)32(24(17)35)16-5-3-4-15(28)11-16/h1-11H,12H2,(H,30,33)(H,31,34,36)/b17-9+. The number of carbonyl (C=O) groups is 4. The lowest BCUT2D eigenvalue weighted by molar-refractivity contribution is -0.122. The molecule has 12 heteroatoms. The molecule has 0 aliphatic carbocycles. The number of carbonyl (C=O) groups excluding carboxylic acids is 4. The Labute approximate surface area is 237 Å². The maximum Gasteiger partial charge on any atom is 0.335 e. The molecule has 1 saturated heterocycles. The molecular formula is C25H15Br2Cl2N3O5. The molecule has 3 aromatic carbocycles. The van der Waals surface area contributed by atoms with Gasteiger partial charge in [0.25, 0.3) is 17.7 Å². The van der Waals surface area contributed by atoms with Crippen LogP contribution in [0.15, 0.2) is 75.2 Å². The average Bonchev–Trinajstić information content (AvgIpc) is 2.82. The molecule has 37 heavy (non-hydrogen) atoms. The summed E-state index contributed by atoms with van der Waals surface area (Å²) in [5.41, 5.74) is 0.586. The maximum atomic E-state index is 13.2. The van der Waals surface area contributed by atoms with E-state index in [4.69, 9.17) is 27.9 Å². The van der Waals surface area contributed by atoms with E-state index in [0.717, 1.165) is 4.90 Å². The van der Waals surface area contributed by atoms with Gasteiger partial charge in [0.05, 0.1) is 20.9 Å². The number of hydrogen-bond acceptors (Lipinski definition) is 5. The molecule has 0 unspecified atom stereocenters. The van der Waals surface area contributed by atoms with E-state index < -0.39 is 30.4 Å². The molecule has 0 saturated carbocycles. The molecule has 1 aliphatic heterocycles. The first kappa shape index (κ1) is 26.9. The third-order valence-electron chi connectivity index (χ3n) is 5.00. The van der Waals surface area contributed by atoms with E-state index in [1.165, 1.54) is 18.2 Å². The van der Waals surface area contributed by atoms with Gasteiger partial charge in [0.1, 0.15) is 11.3 Å². The summed E-state index contributed by atoms with van der Waals surface area (Å²) < 4.78 is 6.80. The Morgan fingerprint density at radius 3 is 2.51 bits per heavy atom. The van der Waals surface area contributed by atoms with E-state index in [2.05, 4.69) is 42.5 Å². The smallest absolute Gasteiger partial charge is 0.335 e. The second kappa shape index (κ2) is 11.5. The number of halogens is 4. The van der Waals surface area contributed by atoms with Crippen molar-refractivity contribution < 1.29 is 23.9 Å². The average molecular weight is 668 g/mol. The number of barbiturate groups is 1. The third kappa shape index (κ3) is 6.22. The minimum atomic E-state index is -0.905. The highest BCUT2D eigenvalue weighted by Gasteiger charge is 2.37. The van der Waals surface area contributed by atoms with Crippen LogP contribution in [0, 0.1) is 0 Å². The minimum absolute atomic E-state index is 0.191. The quantitative estimate of drug-likeness (QED) is 0.241. The van der Waals surface area contributed by atoms with Crippen molar-refractivity contribution >= 4 is 96.3 Å². The van der Waals surface area contributed by atoms with Gasteiger partial charge in [-0.15, -0.1) is 0 Å². The van der Waals surface area contributed by atoms with Crippen LogP contribution in [0.4, 0.5) is 16.2 Å². The summed E-state index contributed by atoms with van der Waals surface area (Å²) in [7, 11) is 0. The monoisotopic (exact) mass is 665 g/mol. The summed E-state index contributed by atoms with van der Waals surface area (Å²) in [6.07, 6.45) is 1.28. The number of amides is 5. The second-order valence-corrected chi connectivity index (χ2v) is 10.2. The largest absolute Gasteiger partial charge is 0.482 e. The van der Waals surface area contributed by atoms with E-state index in [0.29, 0.717) is 30.2 Å². The van der Waals surface area contributed by atoms with Gasteiger partial charge in [-0.1, -0.05) is 57.3 Å². The molecule has 4 rings (SSSR count). The van der Waals surface area contributed by atoms with Gasteiger partial charge in [-0.25, -0.2) is 9.69 Å². The number of imide groups is 2. The molecule has 1 heterocycles. The molecule has 8 nitrogen and oxygen atoms in total. The van der Waals surface area contributed by atoms with E-state index in [-0.39, 0.29) is 17.0 Å². The molecule has 2 N–H and O–H groups in total. The summed E-state index contributed by atoms with van der Waals surface area (Å²) in [6.45, 7) is -0.394. The second-order valence-electron chi connectivity index (χ2n) is 7.56. The highest BCUT2D eigenvalue weighted by atomic mass is 79.9. The zero-order valence-electron chi connectivity index (χ0n) is 18.6. The number of anilines is 2. The summed E-state index contributed by atoms with van der Waals surface area (Å²) in [4.78, 5) is 51.6. The SMILES string of the molecule is O=C(COc1c(Br)cc(Br)cc1/C=C1\C(=O)NC(=O)N(c2cccc(Cl)c2)C1=O)Nc1ccccc1Cl. The van der Waals surface area contributed by atoms with Crippen LogP contribution in [0.25, 0.3) is 6.08 Å². The molecule has 0 atom stereocenters. The summed E-state index contributed by atoms with van der Waals surface area (Å²) in [6, 6.07) is 15.2. The first-order chi connectivity index (χ1) is 17.6. The number of hydrogen-bond donors (Lipinski definition) is 2. The van der Waals surface area contributed by atoms with Crippen LogP contribution in [0.1, 0.15) is 5.56 Å². The van der Waals surface area contributed by atoms with Crippen LogP contribution in [0.2, 0.25) is 10.0 Å². The lowest BCUT2D eigenvalue weighted by Crippen LogP contribution is -2.54. The molecule has 188 valence electrons. The van der Waals surface area contributed by atoms with Crippen molar-refractivity contribution in [2.75, 3.05) is 16.8 Å². The molecule has 0 bridgehead atoms. The van der Waals surface area contributed by atoms with Gasteiger partial charge in [-0.2, -0.15) is 0 Å². The number of ether oxygens (including phenoxy) is 1. The molecule has 5 amide bonds. The summed E-state index contributed by atoms with van der Waals surface area (Å²) in [5.74, 6) is -2.02. The number of nitrogens with zero attached hydrogens (tertiary/aromatic N) is 1. The summed E-state index contributed by atoms with van der Waals surface area (Å²) in [5, 5.41) is 5.48. The van der Waals surface area contributed by atoms with E-state index >= 15 is 0 Å². The number of rotatable bonds is 6. The van der Waals surface area contributed by atoms with Crippen molar-refractivity contribution in [1.29, 1.82) is 0 Å². The first-order valence-corrected chi connectivity index (χ1v) is 12.8. The van der Waals surface area contributed by atoms with Crippen molar-refractivity contribution in [3.05, 3.63) is 90.8 Å². The maximum absolute atomic E-state index is 13.2. The minimum Gasteiger partial charge on any atom is -0.482 e. The molecule has 3 aromatic rings. The highest BCUT2D eigenvalue weighted by Crippen LogP contribution is 2.35. The number of benzene rings is 3. The molecule has 0 aromatic heterocycles. The van der Waals surface area contributed by atoms with Crippen molar-refractivity contribution in [1.82, 2.24) is 5.32 Å². The zero-order chi connectivity index (χ0) is 26.7. The molecule has 1 aliphatic rings. The Morgan fingerprint density at radius 1 is 1.03 bits per heavy atom. The molecular weight excluding hydrogens is 653 g/mol. The molecule has 0 spiro atoms. The van der Waals surface area contributed by atoms with Gasteiger partial charge in [0.2, 0.25) is 0 Å². The van der Waals surface area contributed by atoms with Crippen molar-refractivity contribution in [3.8, 4) is 5.75 Å². The van der Waals surface area contributed by atoms with Gasteiger partial charge in [0, 0.05) is 15.1 Å². The fourth-order valence-corrected chi connectivity index (χ4v) is 5.13. The number of para-hydroxylation sites is 1. The summed E-state index contributed by atoms with van der Waals surface area (Å²) >= 11 is 18.8. The van der Waals surface area contributed by atoms with Crippen LogP contribution in [0.5, 0.6) is 5.75 Å². The van der Waals surface area contributed by atoms with Crippen LogP contribution >= 0.6 is 55.1 Å². The Kier molecular flexibility index (Phi) is 8.33. The van der Waals surface area contributed by atoms with Crippen LogP contribution in [0.3, 0.4) is 0 Å². The lowest BCUT2D eigenvalue weighted by atomic mass is 10.1. The van der Waals surface area contributed by atoms with Crippen LogP contribution in [-0.2, 0) is 14.4 Å². The van der Waals surface area contributed by atoms with Crippen molar-refractivity contribution in [2.45, 2.75) is 0 Å². The zero-order valence-corrected chi connectivity index (χ0v) is 23.2. The number of nitrogens with one attached hydrogen (secondary N) is 2. The topological polar surface area (TPSA) is 105 Å². The number of urea groups is 1. The third-order valence-corrected chi connectivity index (χ3v) is 6.61.